The first-order valence-electron chi connectivity index (χ1n) is 12.2. The van der Waals surface area contributed by atoms with E-state index in [9.17, 15) is 9.59 Å². The van der Waals surface area contributed by atoms with Gasteiger partial charge in [0.25, 0.3) is 5.91 Å². The molecule has 182 valence electrons. The zero-order chi connectivity index (χ0) is 24.4. The summed E-state index contributed by atoms with van der Waals surface area (Å²) in [4.78, 5) is 32.6. The molecule has 8 nitrogen and oxygen atoms in total. The Labute approximate surface area is 205 Å². The molecule has 0 saturated carbocycles. The van der Waals surface area contributed by atoms with Crippen LogP contribution in [0.15, 0.2) is 48.8 Å². The van der Waals surface area contributed by atoms with Crippen LogP contribution in [0.2, 0.25) is 0 Å². The van der Waals surface area contributed by atoms with Crippen LogP contribution in [0.1, 0.15) is 46.7 Å². The lowest BCUT2D eigenvalue weighted by Gasteiger charge is -2.33. The van der Waals surface area contributed by atoms with Gasteiger partial charge in [-0.15, -0.1) is 0 Å². The molecule has 35 heavy (non-hydrogen) atoms. The summed E-state index contributed by atoms with van der Waals surface area (Å²) in [5.74, 6) is 0.879. The molecule has 3 aromatic rings. The van der Waals surface area contributed by atoms with Gasteiger partial charge in [0, 0.05) is 56.3 Å². The van der Waals surface area contributed by atoms with Crippen LogP contribution >= 0.6 is 0 Å². The molecule has 8 heteroatoms. The molecule has 1 unspecified atom stereocenters. The number of amides is 2. The lowest BCUT2D eigenvalue weighted by Crippen LogP contribution is -2.43. The molecule has 5 rings (SSSR count). The zero-order valence-corrected chi connectivity index (χ0v) is 20.2. The smallest absolute Gasteiger partial charge is 0.272 e. The van der Waals surface area contributed by atoms with Gasteiger partial charge < -0.3 is 15.0 Å². The van der Waals surface area contributed by atoms with Gasteiger partial charge in [0.15, 0.2) is 5.69 Å². The third-order valence-corrected chi connectivity index (χ3v) is 6.60. The molecule has 2 aromatic heterocycles. The van der Waals surface area contributed by atoms with Crippen molar-refractivity contribution in [2.75, 3.05) is 13.2 Å². The highest BCUT2D eigenvalue weighted by molar-refractivity contribution is 5.94. The third kappa shape index (κ3) is 4.92. The first-order chi connectivity index (χ1) is 17.0. The van der Waals surface area contributed by atoms with Crippen LogP contribution in [0, 0.1) is 11.8 Å². The molecule has 2 aliphatic rings. The van der Waals surface area contributed by atoms with Crippen molar-refractivity contribution in [2.24, 2.45) is 11.8 Å². The minimum absolute atomic E-state index is 0.0727. The van der Waals surface area contributed by atoms with Gasteiger partial charge in [0.1, 0.15) is 12.4 Å². The topological polar surface area (TPSA) is 89.4 Å². The molecule has 4 heterocycles. The Bertz CT molecular complexity index is 1220. The molecular formula is C27H31N5O3. The maximum absolute atomic E-state index is 13.5. The monoisotopic (exact) mass is 473 g/mol. The van der Waals surface area contributed by atoms with E-state index in [2.05, 4.69) is 24.1 Å². The van der Waals surface area contributed by atoms with E-state index < -0.39 is 0 Å². The van der Waals surface area contributed by atoms with Gasteiger partial charge in [-0.05, 0) is 35.6 Å². The maximum atomic E-state index is 13.5. The van der Waals surface area contributed by atoms with E-state index in [1.54, 1.807) is 12.4 Å². The van der Waals surface area contributed by atoms with Crippen molar-refractivity contribution in [1.82, 2.24) is 25.0 Å². The predicted molar refractivity (Wildman–Crippen MR) is 131 cm³/mol. The Hall–Kier alpha value is -3.68. The fourth-order valence-corrected chi connectivity index (χ4v) is 4.87. The highest BCUT2D eigenvalue weighted by atomic mass is 16.5. The Balaban J connectivity index is 1.35. The highest BCUT2D eigenvalue weighted by Gasteiger charge is 2.34. The predicted octanol–water partition coefficient (Wildman–Crippen LogP) is 3.00. The van der Waals surface area contributed by atoms with E-state index in [1.807, 2.05) is 46.0 Å². The molecule has 0 fully saturated rings. The summed E-state index contributed by atoms with van der Waals surface area (Å²) in [7, 11) is 0. The molecule has 0 bridgehead atoms. The summed E-state index contributed by atoms with van der Waals surface area (Å²) in [5, 5.41) is 7.68. The van der Waals surface area contributed by atoms with Crippen LogP contribution in [-0.4, -0.2) is 44.6 Å². The third-order valence-electron chi connectivity index (χ3n) is 6.60. The number of hydrogen-bond acceptors (Lipinski definition) is 5. The number of carbonyl (C=O) groups excluding carboxylic acids is 2. The van der Waals surface area contributed by atoms with Crippen LogP contribution < -0.4 is 10.1 Å². The summed E-state index contributed by atoms with van der Waals surface area (Å²) >= 11 is 0. The van der Waals surface area contributed by atoms with Crippen LogP contribution in [0.25, 0.3) is 0 Å². The van der Waals surface area contributed by atoms with Gasteiger partial charge in [0.05, 0.1) is 5.92 Å². The highest BCUT2D eigenvalue weighted by Crippen LogP contribution is 2.30. The maximum Gasteiger partial charge on any atom is 0.272 e. The Morgan fingerprint density at radius 1 is 1.20 bits per heavy atom. The van der Waals surface area contributed by atoms with Crippen LogP contribution in [0.3, 0.4) is 0 Å². The van der Waals surface area contributed by atoms with Crippen molar-refractivity contribution in [2.45, 2.75) is 46.3 Å². The lowest BCUT2D eigenvalue weighted by molar-refractivity contribution is -0.137. The number of aromatic nitrogens is 3. The number of para-hydroxylation sites is 1. The first kappa shape index (κ1) is 23.1. The van der Waals surface area contributed by atoms with E-state index in [0.29, 0.717) is 50.7 Å². The SMILES string of the molecule is CC(C)Cn1nc(C(=O)NCc2cccnc2)c2c1CCN(C(=O)C1COc3ccccc3C1)C2. The quantitative estimate of drug-likeness (QED) is 0.595. The van der Waals surface area contributed by atoms with Gasteiger partial charge in [-0.1, -0.05) is 38.1 Å². The second-order valence-corrected chi connectivity index (χ2v) is 9.72. The summed E-state index contributed by atoms with van der Waals surface area (Å²) in [6.07, 6.45) is 4.79. The standard InChI is InChI=1S/C27H31N5O3/c1-18(2)15-32-23-9-11-31(27(34)21-12-20-7-3-4-8-24(20)35-17-21)16-22(23)25(30-32)26(33)29-14-19-6-5-10-28-13-19/h3-8,10,13,18,21H,9,11-12,14-17H2,1-2H3,(H,29,33). The van der Waals surface area contributed by atoms with Crippen LogP contribution in [-0.2, 0) is 37.3 Å². The second kappa shape index (κ2) is 9.90. The first-order valence-corrected chi connectivity index (χ1v) is 12.2. The van der Waals surface area contributed by atoms with Crippen molar-refractivity contribution in [1.29, 1.82) is 0 Å². The van der Waals surface area contributed by atoms with Crippen LogP contribution in [0.5, 0.6) is 5.75 Å². The van der Waals surface area contributed by atoms with Crippen molar-refractivity contribution < 1.29 is 14.3 Å². The lowest BCUT2D eigenvalue weighted by atomic mass is 9.94. The van der Waals surface area contributed by atoms with Gasteiger partial charge in [0.2, 0.25) is 5.91 Å². The molecule has 0 saturated heterocycles. The number of benzene rings is 1. The van der Waals surface area contributed by atoms with Gasteiger partial charge in [-0.3, -0.25) is 19.3 Å². The fraction of sp³-hybridized carbons (Fsp3) is 0.407. The largest absolute Gasteiger partial charge is 0.492 e. The van der Waals surface area contributed by atoms with Crippen molar-refractivity contribution in [3.8, 4) is 5.75 Å². The van der Waals surface area contributed by atoms with E-state index in [0.717, 1.165) is 34.7 Å². The number of fused-ring (bicyclic) bond motifs is 2. The molecule has 0 aliphatic carbocycles. The van der Waals surface area contributed by atoms with Crippen LogP contribution in [0.4, 0.5) is 0 Å². The fourth-order valence-electron chi connectivity index (χ4n) is 4.87. The molecule has 1 atom stereocenters. The Morgan fingerprint density at radius 2 is 2.06 bits per heavy atom. The minimum atomic E-state index is -0.225. The molecule has 2 aliphatic heterocycles. The van der Waals surface area contributed by atoms with Crippen molar-refractivity contribution in [3.05, 3.63) is 76.9 Å². The summed E-state index contributed by atoms with van der Waals surface area (Å²) in [6.45, 7) is 6.76. The number of nitrogens with one attached hydrogen (secondary N) is 1. The van der Waals surface area contributed by atoms with E-state index in [-0.39, 0.29) is 17.7 Å². The average Bonchev–Trinajstić information content (AvgIpc) is 3.24. The normalized spacial score (nSPS) is 16.9. The summed E-state index contributed by atoms with van der Waals surface area (Å²) < 4.78 is 7.83. The van der Waals surface area contributed by atoms with Gasteiger partial charge >= 0.3 is 0 Å². The van der Waals surface area contributed by atoms with Gasteiger partial charge in [-0.25, -0.2) is 0 Å². The van der Waals surface area contributed by atoms with E-state index in [4.69, 9.17) is 9.84 Å². The molecule has 0 spiro atoms. The average molecular weight is 474 g/mol. The molecule has 0 radical (unpaired) electrons. The minimum Gasteiger partial charge on any atom is -0.492 e. The number of pyridine rings is 1. The Morgan fingerprint density at radius 3 is 2.86 bits per heavy atom. The number of hydrogen-bond donors (Lipinski definition) is 1. The zero-order valence-electron chi connectivity index (χ0n) is 20.2. The van der Waals surface area contributed by atoms with E-state index >= 15 is 0 Å². The Kier molecular flexibility index (Phi) is 6.53. The molecule has 1 aromatic carbocycles. The number of carbonyl (C=O) groups is 2. The molecular weight excluding hydrogens is 442 g/mol. The summed E-state index contributed by atoms with van der Waals surface area (Å²) in [5.41, 5.74) is 4.30. The van der Waals surface area contributed by atoms with Crippen molar-refractivity contribution >= 4 is 11.8 Å². The van der Waals surface area contributed by atoms with Gasteiger partial charge in [-0.2, -0.15) is 5.10 Å². The van der Waals surface area contributed by atoms with Crippen molar-refractivity contribution in [3.63, 3.8) is 0 Å². The summed E-state index contributed by atoms with van der Waals surface area (Å²) in [6, 6.07) is 11.7. The number of rotatable bonds is 6. The number of nitrogens with zero attached hydrogens (tertiary/aromatic N) is 4. The molecule has 2 amide bonds. The molecule has 1 N–H and O–H groups in total. The second-order valence-electron chi connectivity index (χ2n) is 9.72. The number of ether oxygens (including phenoxy) is 1. The van der Waals surface area contributed by atoms with E-state index in [1.165, 1.54) is 0 Å².